The average Bonchev–Trinajstić information content (AvgIpc) is 2.88. The van der Waals surface area contributed by atoms with Crippen molar-refractivity contribution in [3.63, 3.8) is 0 Å². The molecule has 1 amide bonds. The Morgan fingerprint density at radius 3 is 2.70 bits per heavy atom. The van der Waals surface area contributed by atoms with Crippen molar-refractivity contribution in [3.8, 4) is 0 Å². The lowest BCUT2D eigenvalue weighted by Gasteiger charge is -2.27. The van der Waals surface area contributed by atoms with E-state index in [1.807, 2.05) is 41.3 Å². The number of benzene rings is 2. The van der Waals surface area contributed by atoms with Gasteiger partial charge < -0.3 is 9.64 Å². The second kappa shape index (κ2) is 5.82. The highest BCUT2D eigenvalue weighted by molar-refractivity contribution is 6.42. The van der Waals surface area contributed by atoms with Crippen LogP contribution in [0.15, 0.2) is 42.5 Å². The van der Waals surface area contributed by atoms with Crippen LogP contribution in [0.1, 0.15) is 22.6 Å². The highest BCUT2D eigenvalue weighted by Crippen LogP contribution is 2.42. The molecule has 0 N–H and O–H groups in total. The van der Waals surface area contributed by atoms with Gasteiger partial charge in [-0.05, 0) is 17.2 Å². The van der Waals surface area contributed by atoms with Crippen molar-refractivity contribution in [1.82, 2.24) is 4.90 Å². The zero-order valence-electron chi connectivity index (χ0n) is 12.3. The Labute approximate surface area is 144 Å². The van der Waals surface area contributed by atoms with Crippen LogP contribution in [0.3, 0.4) is 0 Å². The molecule has 1 fully saturated rings. The van der Waals surface area contributed by atoms with E-state index in [0.29, 0.717) is 29.7 Å². The van der Waals surface area contributed by atoms with Crippen molar-refractivity contribution in [2.24, 2.45) is 0 Å². The zero-order chi connectivity index (χ0) is 16.0. The van der Waals surface area contributed by atoms with Crippen molar-refractivity contribution in [2.45, 2.75) is 25.2 Å². The molecule has 2 aliphatic rings. The van der Waals surface area contributed by atoms with Crippen molar-refractivity contribution < 1.29 is 9.53 Å². The van der Waals surface area contributed by atoms with Gasteiger partial charge in [0.15, 0.2) is 0 Å². The molecule has 1 saturated heterocycles. The third-order valence-electron chi connectivity index (χ3n) is 4.58. The SMILES string of the molecule is O=C1[C@H]2c3ccc(Cl)c(Cl)c3CO[C@H]2CN1Cc1ccccc1. The minimum absolute atomic E-state index is 0.0955. The normalized spacial score (nSPS) is 22.9. The van der Waals surface area contributed by atoms with E-state index < -0.39 is 0 Å². The molecule has 4 rings (SSSR count). The molecule has 5 heteroatoms. The summed E-state index contributed by atoms with van der Waals surface area (Å²) in [6, 6.07) is 13.7. The largest absolute Gasteiger partial charge is 0.370 e. The number of rotatable bonds is 2. The van der Waals surface area contributed by atoms with Crippen molar-refractivity contribution in [3.05, 3.63) is 69.2 Å². The van der Waals surface area contributed by atoms with Gasteiger partial charge in [0.2, 0.25) is 5.91 Å². The molecule has 0 bridgehead atoms. The van der Waals surface area contributed by atoms with E-state index in [4.69, 9.17) is 27.9 Å². The molecular formula is C18H15Cl2NO2. The van der Waals surface area contributed by atoms with Crippen LogP contribution in [0.2, 0.25) is 10.0 Å². The molecule has 0 aromatic heterocycles. The number of carbonyl (C=O) groups excluding carboxylic acids is 1. The second-order valence-electron chi connectivity index (χ2n) is 5.96. The van der Waals surface area contributed by atoms with E-state index in [2.05, 4.69) is 0 Å². The van der Waals surface area contributed by atoms with Crippen LogP contribution in [0, 0.1) is 0 Å². The third-order valence-corrected chi connectivity index (χ3v) is 5.42. The maximum absolute atomic E-state index is 12.9. The number of nitrogens with zero attached hydrogens (tertiary/aromatic N) is 1. The fourth-order valence-corrected chi connectivity index (χ4v) is 3.84. The molecule has 0 radical (unpaired) electrons. The Kier molecular flexibility index (Phi) is 3.80. The highest BCUT2D eigenvalue weighted by Gasteiger charge is 2.45. The highest BCUT2D eigenvalue weighted by atomic mass is 35.5. The van der Waals surface area contributed by atoms with Gasteiger partial charge in [0.25, 0.3) is 0 Å². The van der Waals surface area contributed by atoms with Crippen LogP contribution in [0.25, 0.3) is 0 Å². The Morgan fingerprint density at radius 1 is 1.13 bits per heavy atom. The fourth-order valence-electron chi connectivity index (χ4n) is 3.43. The number of halogens is 2. The first-order chi connectivity index (χ1) is 11.1. The molecule has 0 saturated carbocycles. The van der Waals surface area contributed by atoms with Gasteiger partial charge in [0.05, 0.1) is 28.7 Å². The van der Waals surface area contributed by atoms with Crippen LogP contribution < -0.4 is 0 Å². The lowest BCUT2D eigenvalue weighted by Crippen LogP contribution is -2.28. The summed E-state index contributed by atoms with van der Waals surface area (Å²) < 4.78 is 5.90. The molecule has 23 heavy (non-hydrogen) atoms. The van der Waals surface area contributed by atoms with Gasteiger partial charge in [-0.15, -0.1) is 0 Å². The molecule has 3 nitrogen and oxygen atoms in total. The van der Waals surface area contributed by atoms with E-state index >= 15 is 0 Å². The van der Waals surface area contributed by atoms with Crippen molar-refractivity contribution in [2.75, 3.05) is 6.54 Å². The molecule has 2 aromatic rings. The lowest BCUT2D eigenvalue weighted by molar-refractivity contribution is -0.130. The van der Waals surface area contributed by atoms with Gasteiger partial charge >= 0.3 is 0 Å². The molecule has 0 aliphatic carbocycles. The van der Waals surface area contributed by atoms with Crippen LogP contribution >= 0.6 is 23.2 Å². The van der Waals surface area contributed by atoms with Gasteiger partial charge in [-0.1, -0.05) is 59.6 Å². The van der Waals surface area contributed by atoms with Crippen molar-refractivity contribution >= 4 is 29.1 Å². The van der Waals surface area contributed by atoms with Gasteiger partial charge in [0.1, 0.15) is 0 Å². The predicted octanol–water partition coefficient (Wildman–Crippen LogP) is 4.02. The molecule has 2 aromatic carbocycles. The summed E-state index contributed by atoms with van der Waals surface area (Å²) >= 11 is 12.4. The van der Waals surface area contributed by atoms with Crippen molar-refractivity contribution in [1.29, 1.82) is 0 Å². The van der Waals surface area contributed by atoms with Crippen LogP contribution in [0.4, 0.5) is 0 Å². The summed E-state index contributed by atoms with van der Waals surface area (Å²) in [6.07, 6.45) is -0.115. The average molecular weight is 348 g/mol. The van der Waals surface area contributed by atoms with Gasteiger partial charge in [-0.3, -0.25) is 4.79 Å². The Bertz CT molecular complexity index is 763. The lowest BCUT2D eigenvalue weighted by atomic mass is 9.89. The minimum Gasteiger partial charge on any atom is -0.370 e. The van der Waals surface area contributed by atoms with E-state index in [9.17, 15) is 4.79 Å². The van der Waals surface area contributed by atoms with Crippen LogP contribution in [-0.2, 0) is 22.7 Å². The summed E-state index contributed by atoms with van der Waals surface area (Å²) in [4.78, 5) is 14.7. The number of amides is 1. The number of hydrogen-bond donors (Lipinski definition) is 0. The smallest absolute Gasteiger partial charge is 0.233 e. The standard InChI is InChI=1S/C18H15Cl2NO2/c19-14-7-6-12-13(17(14)20)10-23-15-9-21(18(22)16(12)15)8-11-4-2-1-3-5-11/h1-7,15-16H,8-10H2/t15-,16-/m0/s1. The summed E-state index contributed by atoms with van der Waals surface area (Å²) in [5.74, 6) is -0.185. The maximum Gasteiger partial charge on any atom is 0.233 e. The first kappa shape index (κ1) is 15.0. The van der Waals surface area contributed by atoms with E-state index in [1.165, 1.54) is 0 Å². The Hall–Kier alpha value is -1.55. The van der Waals surface area contributed by atoms with E-state index in [0.717, 1.165) is 16.7 Å². The monoisotopic (exact) mass is 347 g/mol. The van der Waals surface area contributed by atoms with Gasteiger partial charge in [-0.2, -0.15) is 0 Å². The fraction of sp³-hybridized carbons (Fsp3) is 0.278. The topological polar surface area (TPSA) is 29.5 Å². The van der Waals surface area contributed by atoms with Gasteiger partial charge in [-0.25, -0.2) is 0 Å². The summed E-state index contributed by atoms with van der Waals surface area (Å²) in [5.41, 5.74) is 2.92. The van der Waals surface area contributed by atoms with Gasteiger partial charge in [0, 0.05) is 18.7 Å². The number of hydrogen-bond acceptors (Lipinski definition) is 2. The zero-order valence-corrected chi connectivity index (χ0v) is 13.8. The number of likely N-dealkylation sites (tertiary alicyclic amines) is 1. The molecule has 2 atom stereocenters. The first-order valence-electron chi connectivity index (χ1n) is 7.56. The summed E-state index contributed by atoms with van der Waals surface area (Å²) in [7, 11) is 0. The van der Waals surface area contributed by atoms with E-state index in [1.54, 1.807) is 6.07 Å². The maximum atomic E-state index is 12.9. The number of carbonyl (C=O) groups is 1. The molecule has 0 unspecified atom stereocenters. The Morgan fingerprint density at radius 2 is 1.91 bits per heavy atom. The first-order valence-corrected chi connectivity index (χ1v) is 8.32. The summed E-state index contributed by atoms with van der Waals surface area (Å²) in [6.45, 7) is 1.62. The number of fused-ring (bicyclic) bond motifs is 3. The predicted molar refractivity (Wildman–Crippen MR) is 89.6 cm³/mol. The molecule has 0 spiro atoms. The Balaban J connectivity index is 1.64. The quantitative estimate of drug-likeness (QED) is 0.821. The molecule has 2 heterocycles. The summed E-state index contributed by atoms with van der Waals surface area (Å²) in [5, 5.41) is 0.996. The third kappa shape index (κ3) is 2.53. The molecule has 118 valence electrons. The minimum atomic E-state index is -0.280. The van der Waals surface area contributed by atoms with E-state index in [-0.39, 0.29) is 17.9 Å². The van der Waals surface area contributed by atoms with Crippen LogP contribution in [0.5, 0.6) is 0 Å². The second-order valence-corrected chi connectivity index (χ2v) is 6.75. The molecule has 2 aliphatic heterocycles. The number of ether oxygens (including phenoxy) is 1. The molecular weight excluding hydrogens is 333 g/mol. The van der Waals surface area contributed by atoms with Crippen LogP contribution in [-0.4, -0.2) is 23.5 Å².